The van der Waals surface area contributed by atoms with E-state index in [1.807, 2.05) is 54.6 Å². The second-order valence-electron chi connectivity index (χ2n) is 5.57. The molecule has 0 unspecified atom stereocenters. The van der Waals surface area contributed by atoms with Crippen molar-refractivity contribution in [1.82, 2.24) is 4.72 Å². The molecule has 0 bridgehead atoms. The van der Waals surface area contributed by atoms with Crippen molar-refractivity contribution in [3.05, 3.63) is 65.7 Å². The molecule has 0 amide bonds. The Morgan fingerprint density at radius 1 is 1.08 bits per heavy atom. The van der Waals surface area contributed by atoms with E-state index in [0.717, 1.165) is 17.7 Å². The van der Waals surface area contributed by atoms with E-state index < -0.39 is 10.0 Å². The largest absolute Gasteiger partial charge is 0.370 e. The van der Waals surface area contributed by atoms with E-state index >= 15 is 0 Å². The van der Waals surface area contributed by atoms with Crippen LogP contribution in [0.1, 0.15) is 18.1 Å². The molecule has 0 radical (unpaired) electrons. The van der Waals surface area contributed by atoms with Gasteiger partial charge < -0.3 is 11.1 Å². The SMILES string of the molecule is CCc1cccc(NC(N)=NCCS(=O)(=O)NCc2ccccc2)c1. The molecule has 2 rings (SSSR count). The van der Waals surface area contributed by atoms with Crippen LogP contribution >= 0.6 is 0 Å². The van der Waals surface area contributed by atoms with E-state index in [1.54, 1.807) is 0 Å². The number of hydrogen-bond donors (Lipinski definition) is 3. The van der Waals surface area contributed by atoms with Crippen LogP contribution in [0.25, 0.3) is 0 Å². The van der Waals surface area contributed by atoms with E-state index in [0.29, 0.717) is 0 Å². The van der Waals surface area contributed by atoms with Crippen molar-refractivity contribution in [2.45, 2.75) is 19.9 Å². The summed E-state index contributed by atoms with van der Waals surface area (Å²) in [6.45, 7) is 2.44. The number of aliphatic imine (C=N–C) groups is 1. The van der Waals surface area contributed by atoms with Crippen LogP contribution < -0.4 is 15.8 Å². The average Bonchev–Trinajstić information content (AvgIpc) is 2.61. The molecule has 4 N–H and O–H groups in total. The Hall–Kier alpha value is -2.38. The summed E-state index contributed by atoms with van der Waals surface area (Å²) in [6, 6.07) is 17.2. The molecule has 0 aliphatic heterocycles. The zero-order valence-electron chi connectivity index (χ0n) is 14.3. The van der Waals surface area contributed by atoms with Crippen molar-refractivity contribution in [1.29, 1.82) is 0 Å². The van der Waals surface area contributed by atoms with Gasteiger partial charge in [-0.3, -0.25) is 4.99 Å². The maximum Gasteiger partial charge on any atom is 0.213 e. The molecule has 25 heavy (non-hydrogen) atoms. The molecule has 0 saturated heterocycles. The predicted molar refractivity (Wildman–Crippen MR) is 103 cm³/mol. The first-order valence-electron chi connectivity index (χ1n) is 8.15. The molecular weight excluding hydrogens is 336 g/mol. The standard InChI is InChI=1S/C18H24N4O2S/c1-2-15-9-6-10-17(13-15)22-18(19)20-11-12-25(23,24)21-14-16-7-4-3-5-8-16/h3-10,13,21H,2,11-12,14H2,1H3,(H3,19,20,22). The molecule has 0 spiro atoms. The maximum atomic E-state index is 12.0. The van der Waals surface area contributed by atoms with E-state index in [1.165, 1.54) is 5.56 Å². The average molecular weight is 360 g/mol. The number of benzene rings is 2. The second kappa shape index (κ2) is 9.19. The number of guanidine groups is 1. The van der Waals surface area contributed by atoms with E-state index in [-0.39, 0.29) is 24.8 Å². The fraction of sp³-hybridized carbons (Fsp3) is 0.278. The van der Waals surface area contributed by atoms with Gasteiger partial charge in [0.1, 0.15) is 0 Å². The first-order chi connectivity index (χ1) is 12.0. The highest BCUT2D eigenvalue weighted by atomic mass is 32.2. The number of nitrogens with one attached hydrogen (secondary N) is 2. The van der Waals surface area contributed by atoms with Gasteiger partial charge in [-0.05, 0) is 29.7 Å². The number of nitrogens with zero attached hydrogens (tertiary/aromatic N) is 1. The molecule has 7 heteroatoms. The first kappa shape index (κ1) is 19.0. The van der Waals surface area contributed by atoms with Gasteiger partial charge in [-0.2, -0.15) is 0 Å². The Labute approximate surface area is 149 Å². The maximum absolute atomic E-state index is 12.0. The molecule has 0 atom stereocenters. The molecular formula is C18H24N4O2S. The third-order valence-corrected chi connectivity index (χ3v) is 4.89. The van der Waals surface area contributed by atoms with Gasteiger partial charge in [-0.25, -0.2) is 13.1 Å². The van der Waals surface area contributed by atoms with E-state index in [9.17, 15) is 8.42 Å². The quantitative estimate of drug-likeness (QED) is 0.496. The minimum absolute atomic E-state index is 0.0937. The lowest BCUT2D eigenvalue weighted by Crippen LogP contribution is -2.28. The van der Waals surface area contributed by atoms with Crippen molar-refractivity contribution in [2.75, 3.05) is 17.6 Å². The van der Waals surface area contributed by atoms with E-state index in [4.69, 9.17) is 5.73 Å². The molecule has 0 saturated carbocycles. The lowest BCUT2D eigenvalue weighted by atomic mass is 10.1. The minimum atomic E-state index is -3.40. The second-order valence-corrected chi connectivity index (χ2v) is 7.50. The molecule has 2 aromatic carbocycles. The van der Waals surface area contributed by atoms with Gasteiger partial charge in [0.15, 0.2) is 5.96 Å². The number of sulfonamides is 1. The van der Waals surface area contributed by atoms with Crippen molar-refractivity contribution in [3.8, 4) is 0 Å². The van der Waals surface area contributed by atoms with Crippen molar-refractivity contribution in [3.63, 3.8) is 0 Å². The summed E-state index contributed by atoms with van der Waals surface area (Å²) in [5, 5.41) is 2.97. The molecule has 0 aromatic heterocycles. The summed E-state index contributed by atoms with van der Waals surface area (Å²) in [5.74, 6) is 0.0866. The smallest absolute Gasteiger partial charge is 0.213 e. The molecule has 2 aromatic rings. The predicted octanol–water partition coefficient (Wildman–Crippen LogP) is 2.10. The number of rotatable bonds is 8. The summed E-state index contributed by atoms with van der Waals surface area (Å²) in [4.78, 5) is 4.08. The third-order valence-electron chi connectivity index (χ3n) is 3.59. The summed E-state index contributed by atoms with van der Waals surface area (Å²) < 4.78 is 26.5. The fourth-order valence-corrected chi connectivity index (χ4v) is 3.07. The van der Waals surface area contributed by atoms with Gasteiger partial charge in [0.05, 0.1) is 12.3 Å². The van der Waals surface area contributed by atoms with Crippen molar-refractivity contribution < 1.29 is 8.42 Å². The molecule has 0 fully saturated rings. The zero-order chi connectivity index (χ0) is 18.1. The fourth-order valence-electron chi connectivity index (χ4n) is 2.20. The molecule has 0 aliphatic rings. The van der Waals surface area contributed by atoms with Gasteiger partial charge in [-0.1, -0.05) is 49.4 Å². The monoisotopic (exact) mass is 360 g/mol. The molecule has 0 aliphatic carbocycles. The number of anilines is 1. The van der Waals surface area contributed by atoms with E-state index in [2.05, 4.69) is 22.0 Å². The van der Waals surface area contributed by atoms with Crippen LogP contribution in [0.4, 0.5) is 5.69 Å². The molecule has 134 valence electrons. The van der Waals surface area contributed by atoms with Crippen LogP contribution in [0.5, 0.6) is 0 Å². The lowest BCUT2D eigenvalue weighted by Gasteiger charge is -2.08. The molecule has 6 nitrogen and oxygen atoms in total. The highest BCUT2D eigenvalue weighted by molar-refractivity contribution is 7.89. The topological polar surface area (TPSA) is 96.6 Å². The highest BCUT2D eigenvalue weighted by Gasteiger charge is 2.09. The summed E-state index contributed by atoms with van der Waals surface area (Å²) >= 11 is 0. The number of nitrogens with two attached hydrogens (primary N) is 1. The van der Waals surface area contributed by atoms with Gasteiger partial charge in [0.25, 0.3) is 0 Å². The van der Waals surface area contributed by atoms with Gasteiger partial charge in [0, 0.05) is 12.2 Å². The van der Waals surface area contributed by atoms with Gasteiger partial charge >= 0.3 is 0 Å². The summed E-state index contributed by atoms with van der Waals surface area (Å²) in [6.07, 6.45) is 0.928. The third kappa shape index (κ3) is 6.94. The zero-order valence-corrected chi connectivity index (χ0v) is 15.1. The Morgan fingerprint density at radius 3 is 2.52 bits per heavy atom. The van der Waals surface area contributed by atoms with Crippen LogP contribution in [0, 0.1) is 0 Å². The van der Waals surface area contributed by atoms with Crippen molar-refractivity contribution in [2.24, 2.45) is 10.7 Å². The number of hydrogen-bond acceptors (Lipinski definition) is 3. The van der Waals surface area contributed by atoms with Crippen LogP contribution in [0.15, 0.2) is 59.6 Å². The van der Waals surface area contributed by atoms with Crippen molar-refractivity contribution >= 4 is 21.7 Å². The van der Waals surface area contributed by atoms with Crippen LogP contribution in [0.2, 0.25) is 0 Å². The van der Waals surface area contributed by atoms with Crippen LogP contribution in [-0.4, -0.2) is 26.7 Å². The Bertz CT molecular complexity index is 805. The van der Waals surface area contributed by atoms with Gasteiger partial charge in [-0.15, -0.1) is 0 Å². The van der Waals surface area contributed by atoms with Crippen LogP contribution in [0.3, 0.4) is 0 Å². The van der Waals surface area contributed by atoms with Crippen LogP contribution in [-0.2, 0) is 23.0 Å². The Morgan fingerprint density at radius 2 is 1.80 bits per heavy atom. The van der Waals surface area contributed by atoms with Gasteiger partial charge in [0.2, 0.25) is 10.0 Å². The number of aryl methyl sites for hydroxylation is 1. The lowest BCUT2D eigenvalue weighted by molar-refractivity contribution is 0.581. The summed E-state index contributed by atoms with van der Waals surface area (Å²) in [5.41, 5.74) is 8.75. The highest BCUT2D eigenvalue weighted by Crippen LogP contribution is 2.10. The summed E-state index contributed by atoms with van der Waals surface area (Å²) in [7, 11) is -3.40. The molecule has 0 heterocycles. The Kier molecular flexibility index (Phi) is 6.97. The minimum Gasteiger partial charge on any atom is -0.370 e. The Balaban J connectivity index is 1.81. The normalized spacial score (nSPS) is 12.1. The first-order valence-corrected chi connectivity index (χ1v) is 9.81.